The van der Waals surface area contributed by atoms with Crippen molar-refractivity contribution < 1.29 is 29.0 Å². The monoisotopic (exact) mass is 536 g/mol. The van der Waals surface area contributed by atoms with E-state index in [1.165, 1.54) is 0 Å². The molecule has 2 aromatic rings. The molecule has 0 saturated carbocycles. The van der Waals surface area contributed by atoms with E-state index in [0.29, 0.717) is 19.3 Å². The van der Waals surface area contributed by atoms with Crippen molar-refractivity contribution in [2.24, 2.45) is 11.8 Å². The third kappa shape index (κ3) is 12.1. The molecular formula is C31H40N2O6. The number of hydrogen-bond donors (Lipinski definition) is 3. The van der Waals surface area contributed by atoms with Gasteiger partial charge in [-0.2, -0.15) is 0 Å². The second-order valence-electron chi connectivity index (χ2n) is 9.12. The zero-order valence-electron chi connectivity index (χ0n) is 22.4. The Morgan fingerprint density at radius 1 is 0.897 bits per heavy atom. The van der Waals surface area contributed by atoms with Gasteiger partial charge in [-0.1, -0.05) is 72.8 Å². The van der Waals surface area contributed by atoms with Gasteiger partial charge in [0.2, 0.25) is 11.8 Å². The summed E-state index contributed by atoms with van der Waals surface area (Å²) in [6.07, 6.45) is 4.57. The minimum absolute atomic E-state index is 0.0301. The fraction of sp³-hybridized carbons (Fsp3) is 0.387. The number of nitrogens with one attached hydrogen (secondary N) is 2. The van der Waals surface area contributed by atoms with Crippen LogP contribution in [0.4, 0.5) is 0 Å². The van der Waals surface area contributed by atoms with Crippen molar-refractivity contribution in [1.82, 2.24) is 10.6 Å². The largest absolute Gasteiger partial charge is 0.463 e. The van der Waals surface area contributed by atoms with E-state index in [1.54, 1.807) is 12.2 Å². The molecule has 0 heterocycles. The van der Waals surface area contributed by atoms with Gasteiger partial charge in [-0.3, -0.25) is 14.4 Å². The van der Waals surface area contributed by atoms with Crippen LogP contribution in [0.2, 0.25) is 0 Å². The molecule has 39 heavy (non-hydrogen) atoms. The normalized spacial score (nSPS) is 12.9. The van der Waals surface area contributed by atoms with Crippen LogP contribution in [0.1, 0.15) is 36.4 Å². The molecule has 0 spiro atoms. The van der Waals surface area contributed by atoms with Crippen LogP contribution in [0.15, 0.2) is 86.0 Å². The van der Waals surface area contributed by atoms with Crippen molar-refractivity contribution in [3.63, 3.8) is 0 Å². The SMILES string of the molecule is C=CC[C@@H](CC(=O)NCCOCCO)C(=O)N[C@@H](COC(=O)[C@@H](CC=C)Cc1ccccc1)c1ccccc1. The zero-order chi connectivity index (χ0) is 28.3. The van der Waals surface area contributed by atoms with Crippen LogP contribution in [0.5, 0.6) is 0 Å². The van der Waals surface area contributed by atoms with Crippen LogP contribution in [0.3, 0.4) is 0 Å². The highest BCUT2D eigenvalue weighted by atomic mass is 16.5. The number of ether oxygens (including phenoxy) is 2. The highest BCUT2D eigenvalue weighted by molar-refractivity contribution is 5.86. The Balaban J connectivity index is 2.04. The third-order valence-electron chi connectivity index (χ3n) is 6.08. The van der Waals surface area contributed by atoms with Gasteiger partial charge in [0.15, 0.2) is 0 Å². The van der Waals surface area contributed by atoms with Crippen LogP contribution in [-0.4, -0.2) is 55.9 Å². The van der Waals surface area contributed by atoms with Gasteiger partial charge in [0.1, 0.15) is 6.61 Å². The van der Waals surface area contributed by atoms with Crippen LogP contribution >= 0.6 is 0 Å². The van der Waals surface area contributed by atoms with Crippen molar-refractivity contribution >= 4 is 17.8 Å². The summed E-state index contributed by atoms with van der Waals surface area (Å²) in [6.45, 7) is 8.10. The Labute approximate surface area is 231 Å². The first-order valence-corrected chi connectivity index (χ1v) is 13.2. The second-order valence-corrected chi connectivity index (χ2v) is 9.12. The number of carbonyl (C=O) groups is 3. The molecule has 0 radical (unpaired) electrons. The number of aliphatic hydroxyl groups excluding tert-OH is 1. The standard InChI is InChI=1S/C31H40N2O6/c1-3-11-26(22-29(35)32-17-19-38-20-18-34)30(36)33-28(25-15-9-6-10-16-25)23-39-31(37)27(12-4-2)21-24-13-7-5-8-14-24/h3-10,13-16,26-28,34H,1-2,11-12,17-23H2,(H,32,35)(H,33,36)/t26-,27-,28-/m0/s1. The molecule has 2 rings (SSSR count). The van der Waals surface area contributed by atoms with Crippen LogP contribution in [0, 0.1) is 11.8 Å². The van der Waals surface area contributed by atoms with Gasteiger partial charge in [-0.05, 0) is 30.4 Å². The quantitative estimate of drug-likeness (QED) is 0.144. The summed E-state index contributed by atoms with van der Waals surface area (Å²) in [5, 5.41) is 14.4. The fourth-order valence-corrected chi connectivity index (χ4v) is 4.05. The van der Waals surface area contributed by atoms with E-state index in [4.69, 9.17) is 14.6 Å². The topological polar surface area (TPSA) is 114 Å². The lowest BCUT2D eigenvalue weighted by atomic mass is 9.96. The van der Waals surface area contributed by atoms with E-state index in [2.05, 4.69) is 23.8 Å². The first-order chi connectivity index (χ1) is 19.0. The molecule has 8 heteroatoms. The Kier molecular flexibility index (Phi) is 14.9. The summed E-state index contributed by atoms with van der Waals surface area (Å²) < 4.78 is 10.9. The van der Waals surface area contributed by atoms with E-state index >= 15 is 0 Å². The number of benzene rings is 2. The summed E-state index contributed by atoms with van der Waals surface area (Å²) in [6, 6.07) is 18.4. The summed E-state index contributed by atoms with van der Waals surface area (Å²) in [5.41, 5.74) is 1.81. The average molecular weight is 537 g/mol. The van der Waals surface area contributed by atoms with E-state index in [1.807, 2.05) is 60.7 Å². The van der Waals surface area contributed by atoms with E-state index in [-0.39, 0.29) is 57.2 Å². The molecule has 210 valence electrons. The highest BCUT2D eigenvalue weighted by Crippen LogP contribution is 2.20. The van der Waals surface area contributed by atoms with Crippen molar-refractivity contribution in [3.05, 3.63) is 97.1 Å². The van der Waals surface area contributed by atoms with Crippen LogP contribution in [0.25, 0.3) is 0 Å². The fourth-order valence-electron chi connectivity index (χ4n) is 4.05. The number of aliphatic hydroxyl groups is 1. The van der Waals surface area contributed by atoms with Crippen molar-refractivity contribution in [3.8, 4) is 0 Å². The molecule has 0 aliphatic rings. The molecule has 2 aromatic carbocycles. The first kappa shape index (κ1) is 31.5. The van der Waals surface area contributed by atoms with Gasteiger partial charge in [0.05, 0.1) is 37.7 Å². The van der Waals surface area contributed by atoms with E-state index in [0.717, 1.165) is 11.1 Å². The molecule has 8 nitrogen and oxygen atoms in total. The Bertz CT molecular complexity index is 1030. The molecule has 0 aliphatic carbocycles. The lowest BCUT2D eigenvalue weighted by molar-refractivity contribution is -0.150. The molecule has 0 aliphatic heterocycles. The molecule has 3 atom stereocenters. The van der Waals surface area contributed by atoms with Crippen LogP contribution < -0.4 is 10.6 Å². The summed E-state index contributed by atoms with van der Waals surface area (Å²) in [7, 11) is 0. The first-order valence-electron chi connectivity index (χ1n) is 13.2. The molecule has 0 saturated heterocycles. The Morgan fingerprint density at radius 3 is 2.18 bits per heavy atom. The number of allylic oxidation sites excluding steroid dienone is 2. The lowest BCUT2D eigenvalue weighted by Gasteiger charge is -2.24. The van der Waals surface area contributed by atoms with Gasteiger partial charge in [0.25, 0.3) is 0 Å². The number of carbonyl (C=O) groups excluding carboxylic acids is 3. The van der Waals surface area contributed by atoms with Crippen LogP contribution in [-0.2, 0) is 30.3 Å². The molecule has 0 aromatic heterocycles. The van der Waals surface area contributed by atoms with Gasteiger partial charge < -0.3 is 25.2 Å². The van der Waals surface area contributed by atoms with Crippen molar-refractivity contribution in [2.75, 3.05) is 33.0 Å². The average Bonchev–Trinajstić information content (AvgIpc) is 2.95. The highest BCUT2D eigenvalue weighted by Gasteiger charge is 2.26. The predicted octanol–water partition coefficient (Wildman–Crippen LogP) is 3.53. The van der Waals surface area contributed by atoms with E-state index in [9.17, 15) is 14.4 Å². The summed E-state index contributed by atoms with van der Waals surface area (Å²) >= 11 is 0. The zero-order valence-corrected chi connectivity index (χ0v) is 22.4. The third-order valence-corrected chi connectivity index (χ3v) is 6.08. The van der Waals surface area contributed by atoms with Crippen molar-refractivity contribution in [1.29, 1.82) is 0 Å². The maximum Gasteiger partial charge on any atom is 0.309 e. The maximum atomic E-state index is 13.2. The van der Waals surface area contributed by atoms with E-state index < -0.39 is 17.9 Å². The summed E-state index contributed by atoms with van der Waals surface area (Å²) in [4.78, 5) is 38.7. The molecule has 0 fully saturated rings. The molecule has 3 N–H and O–H groups in total. The Hall–Kier alpha value is -3.75. The number of amides is 2. The number of esters is 1. The molecule has 2 amide bonds. The summed E-state index contributed by atoms with van der Waals surface area (Å²) in [5.74, 6) is -2.02. The minimum atomic E-state index is -0.644. The van der Waals surface area contributed by atoms with Gasteiger partial charge in [-0.15, -0.1) is 13.2 Å². The minimum Gasteiger partial charge on any atom is -0.463 e. The lowest BCUT2D eigenvalue weighted by Crippen LogP contribution is -2.39. The molecule has 0 unspecified atom stereocenters. The molecule has 0 bridgehead atoms. The van der Waals surface area contributed by atoms with Gasteiger partial charge in [0, 0.05) is 13.0 Å². The predicted molar refractivity (Wildman–Crippen MR) is 151 cm³/mol. The number of rotatable bonds is 19. The van der Waals surface area contributed by atoms with Gasteiger partial charge >= 0.3 is 5.97 Å². The van der Waals surface area contributed by atoms with Crippen molar-refractivity contribution in [2.45, 2.75) is 31.7 Å². The second kappa shape index (κ2) is 18.5. The van der Waals surface area contributed by atoms with Gasteiger partial charge in [-0.25, -0.2) is 0 Å². The molecular weight excluding hydrogens is 496 g/mol. The smallest absolute Gasteiger partial charge is 0.309 e. The number of hydrogen-bond acceptors (Lipinski definition) is 6. The maximum absolute atomic E-state index is 13.2. The Morgan fingerprint density at radius 2 is 1.54 bits per heavy atom.